The quantitative estimate of drug-likeness (QED) is 0.882. The van der Waals surface area contributed by atoms with Crippen LogP contribution < -0.4 is 0 Å². The monoisotopic (exact) mass is 292 g/mol. The van der Waals surface area contributed by atoms with Crippen molar-refractivity contribution in [1.29, 1.82) is 0 Å². The molecule has 1 saturated heterocycles. The molecule has 3 rings (SSSR count). The van der Waals surface area contributed by atoms with Crippen molar-refractivity contribution in [3.63, 3.8) is 0 Å². The van der Waals surface area contributed by atoms with Gasteiger partial charge in [0.25, 0.3) is 0 Å². The Labute approximate surface area is 125 Å². The van der Waals surface area contributed by atoms with Crippen molar-refractivity contribution in [1.82, 2.24) is 19.4 Å². The Balaban J connectivity index is 1.66. The number of hydrogen-bond donors (Lipinski definition) is 1. The molecule has 1 N–H and O–H groups in total. The highest BCUT2D eigenvalue weighted by atomic mass is 16.4. The number of hydrogen-bond acceptors (Lipinski definition) is 4. The minimum atomic E-state index is -0.727. The lowest BCUT2D eigenvalue weighted by Gasteiger charge is -2.32. The zero-order valence-corrected chi connectivity index (χ0v) is 12.7. The Morgan fingerprint density at radius 2 is 2.14 bits per heavy atom. The van der Waals surface area contributed by atoms with Crippen molar-refractivity contribution < 1.29 is 9.90 Å². The van der Waals surface area contributed by atoms with E-state index in [0.717, 1.165) is 69.9 Å². The maximum absolute atomic E-state index is 11.4. The molecule has 0 amide bonds. The zero-order chi connectivity index (χ0) is 14.8. The predicted molar refractivity (Wildman–Crippen MR) is 79.5 cm³/mol. The van der Waals surface area contributed by atoms with E-state index in [0.29, 0.717) is 0 Å². The van der Waals surface area contributed by atoms with Crippen LogP contribution >= 0.6 is 0 Å². The number of imidazole rings is 1. The van der Waals surface area contributed by atoms with E-state index in [9.17, 15) is 9.90 Å². The van der Waals surface area contributed by atoms with Crippen LogP contribution in [0.4, 0.5) is 0 Å². The standard InChI is InChI=1S/C15H24N4O2/c1-17-7-9-18(10-8-17)6-5-14-16-11-12-3-2-4-13(15(20)21)19(12)14/h11,13H,2-10H2,1H3,(H,20,21). The summed E-state index contributed by atoms with van der Waals surface area (Å²) < 4.78 is 1.97. The van der Waals surface area contributed by atoms with Crippen LogP contribution in [0.15, 0.2) is 6.20 Å². The third-order valence-electron chi connectivity index (χ3n) is 4.70. The molecule has 21 heavy (non-hydrogen) atoms. The molecule has 2 aliphatic rings. The molecular formula is C15H24N4O2. The van der Waals surface area contributed by atoms with E-state index in [1.54, 1.807) is 0 Å². The van der Waals surface area contributed by atoms with Gasteiger partial charge in [0.15, 0.2) is 0 Å². The predicted octanol–water partition coefficient (Wildman–Crippen LogP) is 0.635. The van der Waals surface area contributed by atoms with Gasteiger partial charge in [0.1, 0.15) is 11.9 Å². The van der Waals surface area contributed by atoms with Gasteiger partial charge in [0.2, 0.25) is 0 Å². The molecule has 1 fully saturated rings. The number of carboxylic acid groups (broad SMARTS) is 1. The van der Waals surface area contributed by atoms with Gasteiger partial charge in [-0.1, -0.05) is 0 Å². The van der Waals surface area contributed by atoms with Gasteiger partial charge in [-0.05, 0) is 26.3 Å². The van der Waals surface area contributed by atoms with Gasteiger partial charge in [-0.15, -0.1) is 0 Å². The first-order valence-corrected chi connectivity index (χ1v) is 7.84. The van der Waals surface area contributed by atoms with Crippen LogP contribution in [-0.2, 0) is 17.6 Å². The summed E-state index contributed by atoms with van der Waals surface area (Å²) in [5.41, 5.74) is 1.09. The number of likely N-dealkylation sites (N-methyl/N-ethyl adjacent to an activating group) is 1. The van der Waals surface area contributed by atoms with E-state index >= 15 is 0 Å². The molecule has 6 nitrogen and oxygen atoms in total. The van der Waals surface area contributed by atoms with Crippen molar-refractivity contribution in [3.8, 4) is 0 Å². The highest BCUT2D eigenvalue weighted by molar-refractivity contribution is 5.72. The SMILES string of the molecule is CN1CCN(CCc2ncc3n2C(C(=O)O)CCC3)CC1. The molecule has 0 aliphatic carbocycles. The van der Waals surface area contributed by atoms with E-state index in [-0.39, 0.29) is 0 Å². The minimum absolute atomic E-state index is 0.418. The van der Waals surface area contributed by atoms with Crippen LogP contribution in [0.2, 0.25) is 0 Å². The Kier molecular flexibility index (Phi) is 4.26. The van der Waals surface area contributed by atoms with Crippen LogP contribution in [0.1, 0.15) is 30.4 Å². The average Bonchev–Trinajstić information content (AvgIpc) is 2.90. The lowest BCUT2D eigenvalue weighted by molar-refractivity contribution is -0.141. The molecule has 6 heteroatoms. The third kappa shape index (κ3) is 3.11. The van der Waals surface area contributed by atoms with Crippen molar-refractivity contribution in [3.05, 3.63) is 17.7 Å². The van der Waals surface area contributed by atoms with Gasteiger partial charge in [-0.25, -0.2) is 9.78 Å². The number of aliphatic carboxylic acids is 1. The molecule has 1 aromatic heterocycles. The fourth-order valence-electron chi connectivity index (χ4n) is 3.36. The number of nitrogens with zero attached hydrogens (tertiary/aromatic N) is 4. The lowest BCUT2D eigenvalue weighted by atomic mass is 10.0. The summed E-state index contributed by atoms with van der Waals surface area (Å²) in [4.78, 5) is 20.7. The smallest absolute Gasteiger partial charge is 0.326 e. The molecule has 116 valence electrons. The number of aromatic nitrogens is 2. The molecule has 3 heterocycles. The van der Waals surface area contributed by atoms with Gasteiger partial charge < -0.3 is 19.5 Å². The minimum Gasteiger partial charge on any atom is -0.480 e. The van der Waals surface area contributed by atoms with Crippen LogP contribution in [0.5, 0.6) is 0 Å². The number of rotatable bonds is 4. The number of aryl methyl sites for hydroxylation is 1. The summed E-state index contributed by atoms with van der Waals surface area (Å²) in [5, 5.41) is 9.41. The molecule has 1 aromatic rings. The summed E-state index contributed by atoms with van der Waals surface area (Å²) in [7, 11) is 2.15. The summed E-state index contributed by atoms with van der Waals surface area (Å²) >= 11 is 0. The van der Waals surface area contributed by atoms with E-state index in [2.05, 4.69) is 21.8 Å². The Hall–Kier alpha value is -1.40. The van der Waals surface area contributed by atoms with E-state index in [1.165, 1.54) is 0 Å². The Morgan fingerprint density at radius 3 is 2.86 bits per heavy atom. The molecule has 0 radical (unpaired) electrons. The van der Waals surface area contributed by atoms with Crippen LogP contribution in [0.3, 0.4) is 0 Å². The van der Waals surface area contributed by atoms with Gasteiger partial charge in [-0.2, -0.15) is 0 Å². The van der Waals surface area contributed by atoms with Gasteiger partial charge >= 0.3 is 5.97 Å². The Bertz CT molecular complexity index is 506. The second-order valence-electron chi connectivity index (χ2n) is 6.18. The first-order chi connectivity index (χ1) is 10.1. The van der Waals surface area contributed by atoms with Gasteiger partial charge in [-0.3, -0.25) is 0 Å². The lowest BCUT2D eigenvalue weighted by Crippen LogP contribution is -2.45. The number of carbonyl (C=O) groups is 1. The topological polar surface area (TPSA) is 61.6 Å². The van der Waals surface area contributed by atoms with Crippen molar-refractivity contribution in [2.45, 2.75) is 31.7 Å². The van der Waals surface area contributed by atoms with Crippen LogP contribution in [-0.4, -0.2) is 70.2 Å². The molecular weight excluding hydrogens is 268 g/mol. The summed E-state index contributed by atoms with van der Waals surface area (Å²) in [5.74, 6) is 0.214. The van der Waals surface area contributed by atoms with E-state index in [4.69, 9.17) is 0 Å². The number of piperazine rings is 1. The summed E-state index contributed by atoms with van der Waals surface area (Å²) in [6.45, 7) is 5.37. The molecule has 0 spiro atoms. The fourth-order valence-corrected chi connectivity index (χ4v) is 3.36. The van der Waals surface area contributed by atoms with Crippen molar-refractivity contribution >= 4 is 5.97 Å². The summed E-state index contributed by atoms with van der Waals surface area (Å²) in [6, 6.07) is -0.418. The highest BCUT2D eigenvalue weighted by Crippen LogP contribution is 2.27. The second-order valence-corrected chi connectivity index (χ2v) is 6.18. The van der Waals surface area contributed by atoms with Crippen LogP contribution in [0, 0.1) is 0 Å². The first-order valence-electron chi connectivity index (χ1n) is 7.84. The van der Waals surface area contributed by atoms with Crippen molar-refractivity contribution in [2.75, 3.05) is 39.8 Å². The van der Waals surface area contributed by atoms with Gasteiger partial charge in [0, 0.05) is 51.0 Å². The first kappa shape index (κ1) is 14.5. The number of fused-ring (bicyclic) bond motifs is 1. The molecule has 2 aliphatic heterocycles. The molecule has 0 bridgehead atoms. The normalized spacial score (nSPS) is 24.0. The molecule has 1 unspecified atom stereocenters. The summed E-state index contributed by atoms with van der Waals surface area (Å²) in [6.07, 6.45) is 5.33. The average molecular weight is 292 g/mol. The molecule has 0 aromatic carbocycles. The second kappa shape index (κ2) is 6.15. The zero-order valence-electron chi connectivity index (χ0n) is 12.7. The maximum atomic E-state index is 11.4. The van der Waals surface area contributed by atoms with E-state index in [1.807, 2.05) is 10.8 Å². The molecule has 0 saturated carbocycles. The largest absolute Gasteiger partial charge is 0.480 e. The Morgan fingerprint density at radius 1 is 1.38 bits per heavy atom. The highest BCUT2D eigenvalue weighted by Gasteiger charge is 2.28. The van der Waals surface area contributed by atoms with E-state index < -0.39 is 12.0 Å². The maximum Gasteiger partial charge on any atom is 0.326 e. The van der Waals surface area contributed by atoms with Gasteiger partial charge in [0.05, 0.1) is 0 Å². The fraction of sp³-hybridized carbons (Fsp3) is 0.733. The van der Waals surface area contributed by atoms with Crippen LogP contribution in [0.25, 0.3) is 0 Å². The molecule has 1 atom stereocenters. The van der Waals surface area contributed by atoms with Crippen molar-refractivity contribution in [2.24, 2.45) is 0 Å². The third-order valence-corrected chi connectivity index (χ3v) is 4.70. The number of carboxylic acids is 1.